The van der Waals surface area contributed by atoms with E-state index in [1.54, 1.807) is 0 Å². The number of hydrogen-bond donors (Lipinski definition) is 2. The second-order valence-electron chi connectivity index (χ2n) is 6.86. The third-order valence-electron chi connectivity index (χ3n) is 3.27. The fourth-order valence-electron chi connectivity index (χ4n) is 2.13. The maximum Gasteiger partial charge on any atom is 0.0775 e. The summed E-state index contributed by atoms with van der Waals surface area (Å²) in [5.41, 5.74) is 1.29. The summed E-state index contributed by atoms with van der Waals surface area (Å²) in [5, 5.41) is 14.6. The maximum atomic E-state index is 9.79. The van der Waals surface area contributed by atoms with Crippen LogP contribution in [0.15, 0.2) is 24.3 Å². The average Bonchev–Trinajstić information content (AvgIpc) is 2.27. The molecule has 1 rings (SSSR count). The van der Waals surface area contributed by atoms with E-state index in [0.29, 0.717) is 12.5 Å². The zero-order chi connectivity index (χ0) is 14.5. The van der Waals surface area contributed by atoms with Crippen molar-refractivity contribution in [3.05, 3.63) is 29.8 Å². The van der Waals surface area contributed by atoms with Gasteiger partial charge in [-0.2, -0.15) is 0 Å². The van der Waals surface area contributed by atoms with Gasteiger partial charge in [0.25, 0.3) is 0 Å². The molecule has 2 nitrogen and oxygen atoms in total. The van der Waals surface area contributed by atoms with E-state index >= 15 is 0 Å². The standard InChI is InChI=1S/C16H29NOSi/c1-13(2)10-15(18)12-17-11-14-6-8-16(9-7-14)19(3,4)5/h6-9,13,15,17-18H,10-12H2,1-5H3. The highest BCUT2D eigenvalue weighted by atomic mass is 28.3. The lowest BCUT2D eigenvalue weighted by Crippen LogP contribution is -2.37. The molecule has 0 aliphatic heterocycles. The monoisotopic (exact) mass is 279 g/mol. The predicted molar refractivity (Wildman–Crippen MR) is 86.6 cm³/mol. The summed E-state index contributed by atoms with van der Waals surface area (Å²) in [6.45, 7) is 12.9. The van der Waals surface area contributed by atoms with Crippen LogP contribution in [0, 0.1) is 5.92 Å². The Labute approximate surface area is 119 Å². The van der Waals surface area contributed by atoms with Gasteiger partial charge >= 0.3 is 0 Å². The number of aliphatic hydroxyl groups excluding tert-OH is 1. The van der Waals surface area contributed by atoms with Gasteiger partial charge in [0.15, 0.2) is 0 Å². The Hall–Kier alpha value is -0.643. The van der Waals surface area contributed by atoms with Crippen molar-refractivity contribution in [3.8, 4) is 0 Å². The Morgan fingerprint density at radius 1 is 1.11 bits per heavy atom. The molecule has 3 heteroatoms. The molecule has 0 aliphatic carbocycles. The van der Waals surface area contributed by atoms with Gasteiger partial charge in [-0.3, -0.25) is 0 Å². The van der Waals surface area contributed by atoms with Crippen LogP contribution in [0.2, 0.25) is 19.6 Å². The van der Waals surface area contributed by atoms with Gasteiger partial charge in [-0.15, -0.1) is 0 Å². The third kappa shape index (κ3) is 6.37. The van der Waals surface area contributed by atoms with Gasteiger partial charge < -0.3 is 10.4 Å². The van der Waals surface area contributed by atoms with Crippen LogP contribution in [-0.2, 0) is 6.54 Å². The molecule has 1 aromatic rings. The van der Waals surface area contributed by atoms with Crippen LogP contribution in [0.25, 0.3) is 0 Å². The number of hydrogen-bond acceptors (Lipinski definition) is 2. The first-order valence-electron chi connectivity index (χ1n) is 7.27. The number of benzene rings is 1. The van der Waals surface area contributed by atoms with Crippen LogP contribution >= 0.6 is 0 Å². The number of aliphatic hydroxyl groups is 1. The Morgan fingerprint density at radius 3 is 2.16 bits per heavy atom. The van der Waals surface area contributed by atoms with Gasteiger partial charge in [-0.05, 0) is 17.9 Å². The van der Waals surface area contributed by atoms with Gasteiger partial charge in [0.05, 0.1) is 14.2 Å². The summed E-state index contributed by atoms with van der Waals surface area (Å²) >= 11 is 0. The summed E-state index contributed by atoms with van der Waals surface area (Å²) in [7, 11) is -1.18. The highest BCUT2D eigenvalue weighted by Gasteiger charge is 2.15. The van der Waals surface area contributed by atoms with E-state index in [0.717, 1.165) is 13.0 Å². The molecule has 0 aromatic heterocycles. The molecule has 0 bridgehead atoms. The lowest BCUT2D eigenvalue weighted by atomic mass is 10.1. The van der Waals surface area contributed by atoms with Crippen LogP contribution in [0.5, 0.6) is 0 Å². The Kier molecular flexibility index (Phi) is 6.24. The predicted octanol–water partition coefficient (Wildman–Crippen LogP) is 2.73. The van der Waals surface area contributed by atoms with Crippen LogP contribution < -0.4 is 10.5 Å². The highest BCUT2D eigenvalue weighted by Crippen LogP contribution is 2.06. The van der Waals surface area contributed by atoms with Crippen molar-refractivity contribution in [1.82, 2.24) is 5.32 Å². The molecule has 0 saturated heterocycles. The first-order chi connectivity index (χ1) is 8.79. The zero-order valence-corrected chi connectivity index (χ0v) is 14.0. The van der Waals surface area contributed by atoms with E-state index in [1.807, 2.05) is 0 Å². The quantitative estimate of drug-likeness (QED) is 0.752. The summed E-state index contributed by atoms with van der Waals surface area (Å²) in [6, 6.07) is 8.92. The molecule has 0 heterocycles. The lowest BCUT2D eigenvalue weighted by Gasteiger charge is -2.17. The summed E-state index contributed by atoms with van der Waals surface area (Å²) in [6.07, 6.45) is 0.628. The Bertz CT molecular complexity index is 367. The normalized spacial score (nSPS) is 13.8. The van der Waals surface area contributed by atoms with Crippen molar-refractivity contribution in [2.75, 3.05) is 6.54 Å². The van der Waals surface area contributed by atoms with Crippen molar-refractivity contribution < 1.29 is 5.11 Å². The maximum absolute atomic E-state index is 9.79. The van der Waals surface area contributed by atoms with Crippen molar-refractivity contribution in [3.63, 3.8) is 0 Å². The molecule has 1 unspecified atom stereocenters. The summed E-state index contributed by atoms with van der Waals surface area (Å²) in [5.74, 6) is 0.549. The van der Waals surface area contributed by atoms with E-state index < -0.39 is 8.07 Å². The van der Waals surface area contributed by atoms with E-state index in [2.05, 4.69) is 63.1 Å². The molecule has 1 atom stereocenters. The van der Waals surface area contributed by atoms with Crippen molar-refractivity contribution in [2.24, 2.45) is 5.92 Å². The molecule has 0 radical (unpaired) electrons. The molecule has 108 valence electrons. The molecule has 1 aromatic carbocycles. The molecule has 0 fully saturated rings. The smallest absolute Gasteiger partial charge is 0.0775 e. The highest BCUT2D eigenvalue weighted by molar-refractivity contribution is 6.88. The third-order valence-corrected chi connectivity index (χ3v) is 5.34. The minimum Gasteiger partial charge on any atom is -0.392 e. The second-order valence-corrected chi connectivity index (χ2v) is 11.9. The molecule has 0 saturated carbocycles. The summed E-state index contributed by atoms with van der Waals surface area (Å²) < 4.78 is 0. The van der Waals surface area contributed by atoms with Crippen LogP contribution in [0.3, 0.4) is 0 Å². The number of rotatable bonds is 7. The molecule has 0 spiro atoms. The van der Waals surface area contributed by atoms with Crippen LogP contribution in [0.1, 0.15) is 25.8 Å². The van der Waals surface area contributed by atoms with Gasteiger partial charge in [0.1, 0.15) is 0 Å². The fraction of sp³-hybridized carbons (Fsp3) is 0.625. The van der Waals surface area contributed by atoms with Crippen LogP contribution in [-0.4, -0.2) is 25.8 Å². The first-order valence-corrected chi connectivity index (χ1v) is 10.8. The van der Waals surface area contributed by atoms with E-state index in [4.69, 9.17) is 0 Å². The van der Waals surface area contributed by atoms with E-state index in [-0.39, 0.29) is 6.10 Å². The fourth-order valence-corrected chi connectivity index (χ4v) is 3.30. The van der Waals surface area contributed by atoms with Crippen molar-refractivity contribution in [2.45, 2.75) is 52.6 Å². The van der Waals surface area contributed by atoms with E-state index in [1.165, 1.54) is 10.8 Å². The molecular weight excluding hydrogens is 250 g/mol. The topological polar surface area (TPSA) is 32.3 Å². The lowest BCUT2D eigenvalue weighted by molar-refractivity contribution is 0.146. The molecule has 2 N–H and O–H groups in total. The molecule has 0 amide bonds. The summed E-state index contributed by atoms with van der Waals surface area (Å²) in [4.78, 5) is 0. The van der Waals surface area contributed by atoms with Gasteiger partial charge in [0, 0.05) is 13.1 Å². The Morgan fingerprint density at radius 2 is 1.68 bits per heavy atom. The zero-order valence-electron chi connectivity index (χ0n) is 13.0. The second kappa shape index (κ2) is 7.22. The van der Waals surface area contributed by atoms with Gasteiger partial charge in [-0.1, -0.05) is 62.9 Å². The Balaban J connectivity index is 2.38. The first kappa shape index (κ1) is 16.4. The van der Waals surface area contributed by atoms with Crippen molar-refractivity contribution in [1.29, 1.82) is 0 Å². The average molecular weight is 279 g/mol. The van der Waals surface area contributed by atoms with E-state index in [9.17, 15) is 5.11 Å². The molecule has 0 aliphatic rings. The van der Waals surface area contributed by atoms with Gasteiger partial charge in [-0.25, -0.2) is 0 Å². The molecular formula is C16H29NOSi. The largest absolute Gasteiger partial charge is 0.392 e. The van der Waals surface area contributed by atoms with Gasteiger partial charge in [0.2, 0.25) is 0 Å². The molecule has 19 heavy (non-hydrogen) atoms. The van der Waals surface area contributed by atoms with Crippen molar-refractivity contribution >= 4 is 13.3 Å². The minimum absolute atomic E-state index is 0.235. The number of nitrogens with one attached hydrogen (secondary N) is 1. The minimum atomic E-state index is -1.18. The SMILES string of the molecule is CC(C)CC(O)CNCc1ccc([Si](C)(C)C)cc1. The van der Waals surface area contributed by atoms with Crippen LogP contribution in [0.4, 0.5) is 0 Å².